The lowest BCUT2D eigenvalue weighted by molar-refractivity contribution is 1.08. The van der Waals surface area contributed by atoms with Gasteiger partial charge in [0.05, 0.1) is 5.69 Å². The molecule has 0 saturated carbocycles. The topological polar surface area (TPSA) is 88.8 Å². The summed E-state index contributed by atoms with van der Waals surface area (Å²) in [7, 11) is 0. The number of rotatable bonds is 5. The molecule has 24 heavy (non-hydrogen) atoms. The molecule has 0 saturated heterocycles. The lowest BCUT2D eigenvalue weighted by atomic mass is 10.1. The van der Waals surface area contributed by atoms with Gasteiger partial charge in [0.1, 0.15) is 12.0 Å². The summed E-state index contributed by atoms with van der Waals surface area (Å²) >= 11 is 1.58. The summed E-state index contributed by atoms with van der Waals surface area (Å²) < 4.78 is 0. The van der Waals surface area contributed by atoms with Crippen LogP contribution in [0.25, 0.3) is 0 Å². The van der Waals surface area contributed by atoms with Gasteiger partial charge in [-0.25, -0.2) is 15.0 Å². The van der Waals surface area contributed by atoms with Crippen molar-refractivity contribution in [1.82, 2.24) is 15.0 Å². The zero-order valence-corrected chi connectivity index (χ0v) is 14.7. The van der Waals surface area contributed by atoms with Gasteiger partial charge in [0.2, 0.25) is 0 Å². The summed E-state index contributed by atoms with van der Waals surface area (Å²) in [5.74, 6) is 1.17. The molecular weight excluding hydrogens is 320 g/mol. The lowest BCUT2D eigenvalue weighted by Gasteiger charge is -2.11. The third kappa shape index (κ3) is 3.62. The van der Waals surface area contributed by atoms with Crippen molar-refractivity contribution in [3.8, 4) is 0 Å². The van der Waals surface area contributed by atoms with Crippen LogP contribution < -0.4 is 16.4 Å². The molecule has 124 valence electrons. The number of nitrogens with two attached hydrogens (primary N) is 1. The zero-order valence-electron chi connectivity index (χ0n) is 13.9. The fourth-order valence-corrected chi connectivity index (χ4v) is 2.97. The molecule has 0 fully saturated rings. The standard InChI is InChI=1S/C17H20N6S/c1-10-4-6-13(7-5-10)8-19-15-14(18)16(21-9-20-15)23-17-22-11(2)12(3)24-17/h4-7,9H,8,18H2,1-3H3,(H2,19,20,21,22,23). The second kappa shape index (κ2) is 6.84. The van der Waals surface area contributed by atoms with E-state index in [0.717, 1.165) is 10.8 Å². The average molecular weight is 340 g/mol. The van der Waals surface area contributed by atoms with Crippen molar-refractivity contribution in [3.63, 3.8) is 0 Å². The maximum Gasteiger partial charge on any atom is 0.188 e. The van der Waals surface area contributed by atoms with E-state index in [1.165, 1.54) is 22.3 Å². The highest BCUT2D eigenvalue weighted by molar-refractivity contribution is 7.15. The van der Waals surface area contributed by atoms with Gasteiger partial charge in [0.25, 0.3) is 0 Å². The maximum atomic E-state index is 6.19. The van der Waals surface area contributed by atoms with Crippen molar-refractivity contribution in [2.24, 2.45) is 0 Å². The van der Waals surface area contributed by atoms with E-state index in [1.807, 2.05) is 13.8 Å². The van der Waals surface area contributed by atoms with Gasteiger partial charge < -0.3 is 16.4 Å². The predicted molar refractivity (Wildman–Crippen MR) is 99.8 cm³/mol. The normalized spacial score (nSPS) is 10.6. The minimum absolute atomic E-state index is 0.482. The number of benzene rings is 1. The molecule has 0 aliphatic heterocycles. The number of thiazole rings is 1. The molecule has 0 unspecified atom stereocenters. The summed E-state index contributed by atoms with van der Waals surface area (Å²) in [5.41, 5.74) is 10.1. The van der Waals surface area contributed by atoms with Crippen molar-refractivity contribution < 1.29 is 0 Å². The Morgan fingerprint density at radius 3 is 2.42 bits per heavy atom. The predicted octanol–water partition coefficient (Wildman–Crippen LogP) is 3.80. The Bertz CT molecular complexity index is 821. The van der Waals surface area contributed by atoms with Crippen LogP contribution in [0.3, 0.4) is 0 Å². The summed E-state index contributed by atoms with van der Waals surface area (Å²) in [6, 6.07) is 8.33. The molecule has 4 N–H and O–H groups in total. The molecule has 0 aliphatic rings. The van der Waals surface area contributed by atoms with Crippen LogP contribution in [0.15, 0.2) is 30.6 Å². The number of nitrogens with one attached hydrogen (secondary N) is 2. The largest absolute Gasteiger partial charge is 0.393 e. The van der Waals surface area contributed by atoms with Crippen LogP contribution in [0.4, 0.5) is 22.5 Å². The molecule has 6 nitrogen and oxygen atoms in total. The first kappa shape index (κ1) is 16.2. The van der Waals surface area contributed by atoms with E-state index in [1.54, 1.807) is 11.3 Å². The Hall–Kier alpha value is -2.67. The minimum atomic E-state index is 0.482. The minimum Gasteiger partial charge on any atom is -0.393 e. The molecular formula is C17H20N6S. The van der Waals surface area contributed by atoms with Crippen LogP contribution >= 0.6 is 11.3 Å². The van der Waals surface area contributed by atoms with Crippen molar-refractivity contribution in [3.05, 3.63) is 52.3 Å². The van der Waals surface area contributed by atoms with Gasteiger partial charge in [-0.1, -0.05) is 29.8 Å². The van der Waals surface area contributed by atoms with E-state index in [2.05, 4.69) is 56.8 Å². The quantitative estimate of drug-likeness (QED) is 0.655. The molecule has 0 bridgehead atoms. The molecule has 7 heteroatoms. The zero-order chi connectivity index (χ0) is 17.1. The molecule has 1 aromatic carbocycles. The van der Waals surface area contributed by atoms with E-state index < -0.39 is 0 Å². The second-order valence-electron chi connectivity index (χ2n) is 5.61. The lowest BCUT2D eigenvalue weighted by Crippen LogP contribution is -2.08. The third-order valence-corrected chi connectivity index (χ3v) is 4.71. The highest BCUT2D eigenvalue weighted by Gasteiger charge is 2.11. The SMILES string of the molecule is Cc1ccc(CNc2ncnc(Nc3nc(C)c(C)s3)c2N)cc1. The Balaban J connectivity index is 1.74. The molecule has 0 spiro atoms. The monoisotopic (exact) mass is 340 g/mol. The molecule has 2 heterocycles. The Morgan fingerprint density at radius 1 is 1.04 bits per heavy atom. The van der Waals surface area contributed by atoms with Crippen LogP contribution in [0, 0.1) is 20.8 Å². The Labute approximate surface area is 145 Å². The molecule has 0 atom stereocenters. The highest BCUT2D eigenvalue weighted by atomic mass is 32.1. The average Bonchev–Trinajstić information content (AvgIpc) is 2.88. The van der Waals surface area contributed by atoms with Crippen molar-refractivity contribution >= 4 is 33.8 Å². The molecule has 3 rings (SSSR count). The van der Waals surface area contributed by atoms with E-state index in [-0.39, 0.29) is 0 Å². The van der Waals surface area contributed by atoms with E-state index in [9.17, 15) is 0 Å². The summed E-state index contributed by atoms with van der Waals surface area (Å²) in [4.78, 5) is 14.1. The van der Waals surface area contributed by atoms with E-state index in [0.29, 0.717) is 23.9 Å². The Kier molecular flexibility index (Phi) is 4.61. The number of nitrogen functional groups attached to an aromatic ring is 1. The fourth-order valence-electron chi connectivity index (χ4n) is 2.16. The van der Waals surface area contributed by atoms with Gasteiger partial charge in [-0.2, -0.15) is 0 Å². The summed E-state index contributed by atoms with van der Waals surface area (Å²) in [6.07, 6.45) is 1.49. The van der Waals surface area contributed by atoms with E-state index in [4.69, 9.17) is 5.73 Å². The first-order valence-corrected chi connectivity index (χ1v) is 8.45. The van der Waals surface area contributed by atoms with Crippen molar-refractivity contribution in [1.29, 1.82) is 0 Å². The number of hydrogen-bond donors (Lipinski definition) is 3. The number of aromatic nitrogens is 3. The van der Waals surface area contributed by atoms with Gasteiger partial charge in [-0.3, -0.25) is 0 Å². The van der Waals surface area contributed by atoms with Gasteiger partial charge in [-0.05, 0) is 26.3 Å². The van der Waals surface area contributed by atoms with Crippen LogP contribution in [0.2, 0.25) is 0 Å². The van der Waals surface area contributed by atoms with Gasteiger partial charge in [0.15, 0.2) is 16.8 Å². The molecule has 0 radical (unpaired) electrons. The fraction of sp³-hybridized carbons (Fsp3) is 0.235. The number of aryl methyl sites for hydroxylation is 3. The van der Waals surface area contributed by atoms with E-state index >= 15 is 0 Å². The Morgan fingerprint density at radius 2 is 1.75 bits per heavy atom. The molecule has 3 aromatic rings. The number of nitrogens with zero attached hydrogens (tertiary/aromatic N) is 3. The number of hydrogen-bond acceptors (Lipinski definition) is 7. The van der Waals surface area contributed by atoms with Gasteiger partial charge >= 0.3 is 0 Å². The van der Waals surface area contributed by atoms with Crippen molar-refractivity contribution in [2.75, 3.05) is 16.4 Å². The summed E-state index contributed by atoms with van der Waals surface area (Å²) in [6.45, 7) is 6.74. The first-order valence-electron chi connectivity index (χ1n) is 7.64. The van der Waals surface area contributed by atoms with Crippen LogP contribution in [0.5, 0.6) is 0 Å². The molecule has 0 aliphatic carbocycles. The van der Waals surface area contributed by atoms with Gasteiger partial charge in [0, 0.05) is 11.4 Å². The maximum absolute atomic E-state index is 6.19. The first-order chi connectivity index (χ1) is 11.5. The number of anilines is 4. The van der Waals surface area contributed by atoms with Crippen molar-refractivity contribution in [2.45, 2.75) is 27.3 Å². The second-order valence-corrected chi connectivity index (χ2v) is 6.81. The summed E-state index contributed by atoms with van der Waals surface area (Å²) in [5, 5.41) is 7.21. The van der Waals surface area contributed by atoms with Crippen LogP contribution in [-0.4, -0.2) is 15.0 Å². The molecule has 2 aromatic heterocycles. The van der Waals surface area contributed by atoms with Crippen LogP contribution in [-0.2, 0) is 6.54 Å². The highest BCUT2D eigenvalue weighted by Crippen LogP contribution is 2.29. The third-order valence-electron chi connectivity index (χ3n) is 3.72. The smallest absolute Gasteiger partial charge is 0.188 e. The molecule has 0 amide bonds. The van der Waals surface area contributed by atoms with Crippen LogP contribution in [0.1, 0.15) is 21.7 Å². The van der Waals surface area contributed by atoms with Gasteiger partial charge in [-0.15, -0.1) is 11.3 Å².